The lowest BCUT2D eigenvalue weighted by molar-refractivity contribution is -0.0223. The van der Waals surface area contributed by atoms with Crippen molar-refractivity contribution in [2.45, 2.75) is 24.9 Å². The summed E-state index contributed by atoms with van der Waals surface area (Å²) in [4.78, 5) is 17.3. The molecule has 0 aromatic carbocycles. The Morgan fingerprint density at radius 2 is 2.38 bits per heavy atom. The molecule has 5 nitrogen and oxygen atoms in total. The SMILES string of the molecule is C[C@H](c1ccncc1Cl)N(C)C(=O)N[C@@H]1COCC1(F)F. The predicted octanol–water partition coefficient (Wildman–Crippen LogP) is 2.47. The minimum absolute atomic E-state index is 0.197. The maximum absolute atomic E-state index is 13.4. The molecular formula is C13H16ClF2N3O2. The standard InChI is InChI=1S/C13H16ClF2N3O2/c1-8(9-3-4-17-5-10(9)14)19(2)12(20)18-11-6-21-7-13(11,15)16/h3-5,8,11H,6-7H2,1-2H3,(H,18,20)/t8-,11-/m1/s1. The molecule has 0 bridgehead atoms. The van der Waals surface area contributed by atoms with E-state index < -0.39 is 24.6 Å². The second-order valence-electron chi connectivity index (χ2n) is 4.96. The number of nitrogens with zero attached hydrogens (tertiary/aromatic N) is 2. The molecule has 0 saturated carbocycles. The van der Waals surface area contributed by atoms with E-state index in [1.165, 1.54) is 18.1 Å². The van der Waals surface area contributed by atoms with Crippen LogP contribution in [0.1, 0.15) is 18.5 Å². The number of ether oxygens (including phenoxy) is 1. The number of hydrogen-bond acceptors (Lipinski definition) is 3. The fourth-order valence-corrected chi connectivity index (χ4v) is 2.32. The van der Waals surface area contributed by atoms with Gasteiger partial charge in [0, 0.05) is 19.4 Å². The molecule has 2 atom stereocenters. The Bertz CT molecular complexity index is 530. The van der Waals surface area contributed by atoms with E-state index in [-0.39, 0.29) is 12.6 Å². The molecule has 1 aromatic heterocycles. The van der Waals surface area contributed by atoms with E-state index in [9.17, 15) is 13.6 Å². The van der Waals surface area contributed by atoms with Gasteiger partial charge in [-0.2, -0.15) is 0 Å². The van der Waals surface area contributed by atoms with Crippen LogP contribution < -0.4 is 5.32 Å². The van der Waals surface area contributed by atoms with Crippen LogP contribution >= 0.6 is 11.6 Å². The number of carbonyl (C=O) groups excluding carboxylic acids is 1. The van der Waals surface area contributed by atoms with Crippen LogP contribution in [0.15, 0.2) is 18.5 Å². The Labute approximate surface area is 126 Å². The summed E-state index contributed by atoms with van der Waals surface area (Å²) in [6.07, 6.45) is 3.03. The fourth-order valence-electron chi connectivity index (χ4n) is 2.04. The van der Waals surface area contributed by atoms with E-state index in [1.54, 1.807) is 19.2 Å². The Hall–Kier alpha value is -1.47. The van der Waals surface area contributed by atoms with Crippen LogP contribution in [-0.4, -0.2) is 48.1 Å². The molecule has 2 rings (SSSR count). The van der Waals surface area contributed by atoms with Gasteiger partial charge in [0.1, 0.15) is 12.6 Å². The molecule has 1 aliphatic rings. The lowest BCUT2D eigenvalue weighted by Crippen LogP contribution is -2.51. The number of urea groups is 1. The molecule has 0 spiro atoms. The number of nitrogens with one attached hydrogen (secondary N) is 1. The Morgan fingerprint density at radius 1 is 1.67 bits per heavy atom. The van der Waals surface area contributed by atoms with Gasteiger partial charge in [0.25, 0.3) is 5.92 Å². The van der Waals surface area contributed by atoms with Gasteiger partial charge in [-0.3, -0.25) is 4.98 Å². The zero-order chi connectivity index (χ0) is 15.6. The highest BCUT2D eigenvalue weighted by atomic mass is 35.5. The number of hydrogen-bond donors (Lipinski definition) is 1. The van der Waals surface area contributed by atoms with Crippen LogP contribution in [0.3, 0.4) is 0 Å². The van der Waals surface area contributed by atoms with E-state index >= 15 is 0 Å². The molecule has 1 aliphatic heterocycles. The predicted molar refractivity (Wildman–Crippen MR) is 73.5 cm³/mol. The van der Waals surface area contributed by atoms with Crippen molar-refractivity contribution in [2.24, 2.45) is 0 Å². The molecule has 1 fully saturated rings. The van der Waals surface area contributed by atoms with E-state index in [0.717, 1.165) is 0 Å². The lowest BCUT2D eigenvalue weighted by Gasteiger charge is -2.28. The Balaban J connectivity index is 2.04. The van der Waals surface area contributed by atoms with Gasteiger partial charge in [0.15, 0.2) is 0 Å². The van der Waals surface area contributed by atoms with Gasteiger partial charge in [0.2, 0.25) is 0 Å². The van der Waals surface area contributed by atoms with Crippen LogP contribution in [0.2, 0.25) is 5.02 Å². The summed E-state index contributed by atoms with van der Waals surface area (Å²) in [6.45, 7) is 0.883. The first kappa shape index (κ1) is 15.9. The third-order valence-corrected chi connectivity index (χ3v) is 3.86. The van der Waals surface area contributed by atoms with Gasteiger partial charge < -0.3 is 15.0 Å². The maximum atomic E-state index is 13.4. The molecular weight excluding hydrogens is 304 g/mol. The molecule has 0 radical (unpaired) electrons. The normalized spacial score (nSPS) is 21.9. The first-order valence-electron chi connectivity index (χ1n) is 6.41. The van der Waals surface area contributed by atoms with Crippen molar-refractivity contribution in [3.8, 4) is 0 Å². The molecule has 8 heteroatoms. The number of amides is 2. The molecule has 1 aromatic rings. The molecule has 2 amide bonds. The largest absolute Gasteiger partial charge is 0.373 e. The first-order chi connectivity index (χ1) is 9.83. The number of aromatic nitrogens is 1. The summed E-state index contributed by atoms with van der Waals surface area (Å²) < 4.78 is 31.6. The van der Waals surface area contributed by atoms with Crippen molar-refractivity contribution >= 4 is 17.6 Å². The van der Waals surface area contributed by atoms with Crippen molar-refractivity contribution in [3.63, 3.8) is 0 Å². The second-order valence-corrected chi connectivity index (χ2v) is 5.37. The molecule has 116 valence electrons. The monoisotopic (exact) mass is 319 g/mol. The number of rotatable bonds is 3. The quantitative estimate of drug-likeness (QED) is 0.931. The Kier molecular flexibility index (Phi) is 4.63. The summed E-state index contributed by atoms with van der Waals surface area (Å²) in [5.74, 6) is -3.05. The average molecular weight is 320 g/mol. The number of pyridine rings is 1. The number of carbonyl (C=O) groups is 1. The third kappa shape index (κ3) is 3.41. The molecule has 1 saturated heterocycles. The summed E-state index contributed by atoms with van der Waals surface area (Å²) in [5.41, 5.74) is 0.693. The van der Waals surface area contributed by atoms with Gasteiger partial charge in [0.05, 0.1) is 17.7 Å². The first-order valence-corrected chi connectivity index (χ1v) is 6.79. The van der Waals surface area contributed by atoms with E-state index in [4.69, 9.17) is 16.3 Å². The summed E-state index contributed by atoms with van der Waals surface area (Å²) in [5, 5.41) is 2.71. The summed E-state index contributed by atoms with van der Waals surface area (Å²) in [7, 11) is 1.52. The lowest BCUT2D eigenvalue weighted by atomic mass is 10.1. The molecule has 1 N–H and O–H groups in total. The van der Waals surface area contributed by atoms with Crippen molar-refractivity contribution in [3.05, 3.63) is 29.0 Å². The third-order valence-electron chi connectivity index (χ3n) is 3.54. The minimum atomic E-state index is -3.05. The van der Waals surface area contributed by atoms with Crippen molar-refractivity contribution in [1.82, 2.24) is 15.2 Å². The highest BCUT2D eigenvalue weighted by molar-refractivity contribution is 6.31. The fraction of sp³-hybridized carbons (Fsp3) is 0.538. The van der Waals surface area contributed by atoms with Crippen molar-refractivity contribution in [2.75, 3.05) is 20.3 Å². The van der Waals surface area contributed by atoms with E-state index in [1.807, 2.05) is 0 Å². The zero-order valence-corrected chi connectivity index (χ0v) is 12.4. The van der Waals surface area contributed by atoms with Gasteiger partial charge >= 0.3 is 6.03 Å². The summed E-state index contributed by atoms with van der Waals surface area (Å²) >= 11 is 6.02. The van der Waals surface area contributed by atoms with Gasteiger partial charge in [-0.1, -0.05) is 11.6 Å². The van der Waals surface area contributed by atoms with Gasteiger partial charge in [-0.15, -0.1) is 0 Å². The average Bonchev–Trinajstić information content (AvgIpc) is 2.77. The summed E-state index contributed by atoms with van der Waals surface area (Å²) in [6, 6.07) is -0.612. The van der Waals surface area contributed by atoms with Gasteiger partial charge in [-0.05, 0) is 18.6 Å². The molecule has 0 aliphatic carbocycles. The van der Waals surface area contributed by atoms with Crippen LogP contribution in [0.4, 0.5) is 13.6 Å². The van der Waals surface area contributed by atoms with E-state index in [0.29, 0.717) is 10.6 Å². The van der Waals surface area contributed by atoms with Crippen LogP contribution in [0.5, 0.6) is 0 Å². The highest BCUT2D eigenvalue weighted by Gasteiger charge is 2.46. The van der Waals surface area contributed by atoms with E-state index in [2.05, 4.69) is 10.3 Å². The molecule has 21 heavy (non-hydrogen) atoms. The van der Waals surface area contributed by atoms with Crippen molar-refractivity contribution < 1.29 is 18.3 Å². The van der Waals surface area contributed by atoms with Crippen LogP contribution in [0.25, 0.3) is 0 Å². The molecule has 2 heterocycles. The topological polar surface area (TPSA) is 54.5 Å². The van der Waals surface area contributed by atoms with Crippen LogP contribution in [-0.2, 0) is 4.74 Å². The highest BCUT2D eigenvalue weighted by Crippen LogP contribution is 2.27. The minimum Gasteiger partial charge on any atom is -0.373 e. The smallest absolute Gasteiger partial charge is 0.318 e. The van der Waals surface area contributed by atoms with Crippen molar-refractivity contribution in [1.29, 1.82) is 0 Å². The maximum Gasteiger partial charge on any atom is 0.318 e. The molecule has 0 unspecified atom stereocenters. The Morgan fingerprint density at radius 3 is 2.95 bits per heavy atom. The second kappa shape index (κ2) is 6.11. The zero-order valence-electron chi connectivity index (χ0n) is 11.6. The van der Waals surface area contributed by atoms with Crippen LogP contribution in [0, 0.1) is 0 Å². The number of halogens is 3. The number of alkyl halides is 2. The van der Waals surface area contributed by atoms with Gasteiger partial charge in [-0.25, -0.2) is 13.6 Å².